The Balaban J connectivity index is 1.65. The van der Waals surface area contributed by atoms with Gasteiger partial charge in [0.05, 0.1) is 22.2 Å². The highest BCUT2D eigenvalue weighted by Crippen LogP contribution is 2.39. The van der Waals surface area contributed by atoms with Crippen molar-refractivity contribution < 1.29 is 13.3 Å². The van der Waals surface area contributed by atoms with Gasteiger partial charge in [0.25, 0.3) is 5.89 Å². The molecule has 1 atom stereocenters. The van der Waals surface area contributed by atoms with E-state index >= 15 is 0 Å². The van der Waals surface area contributed by atoms with E-state index in [0.29, 0.717) is 33.8 Å². The van der Waals surface area contributed by atoms with Crippen LogP contribution in [-0.4, -0.2) is 15.3 Å². The van der Waals surface area contributed by atoms with Crippen LogP contribution in [0.1, 0.15) is 36.9 Å². The zero-order valence-electron chi connectivity index (χ0n) is 18.4. The van der Waals surface area contributed by atoms with E-state index in [-0.39, 0.29) is 6.04 Å². The Morgan fingerprint density at radius 1 is 1.12 bits per heavy atom. The van der Waals surface area contributed by atoms with Gasteiger partial charge in [-0.2, -0.15) is 4.98 Å². The van der Waals surface area contributed by atoms with E-state index in [1.165, 1.54) is 23.0 Å². The van der Waals surface area contributed by atoms with Gasteiger partial charge >= 0.3 is 0 Å². The largest absolute Gasteiger partial charge is 0.351 e. The summed E-state index contributed by atoms with van der Waals surface area (Å²) in [6.45, 7) is 3.95. The summed E-state index contributed by atoms with van der Waals surface area (Å²) in [5, 5.41) is 9.80. The van der Waals surface area contributed by atoms with Crippen LogP contribution in [0.2, 0.25) is 0 Å². The molecule has 1 unspecified atom stereocenters. The fraction of sp³-hybridized carbons (Fsp3) is 0.160. The molecule has 1 N–H and O–H groups in total. The number of thiocarbonyl (C=S) groups is 1. The lowest BCUT2D eigenvalue weighted by atomic mass is 9.93. The van der Waals surface area contributed by atoms with Crippen LogP contribution >= 0.6 is 23.6 Å². The fourth-order valence-electron chi connectivity index (χ4n) is 3.99. The number of aryl methyl sites for hydroxylation is 1. The molecule has 1 aliphatic heterocycles. The molecule has 0 saturated carbocycles. The summed E-state index contributed by atoms with van der Waals surface area (Å²) in [5.41, 5.74) is 3.96. The van der Waals surface area contributed by atoms with Crippen LogP contribution in [0, 0.1) is 11.6 Å². The first-order valence-corrected chi connectivity index (χ1v) is 12.0. The first-order chi connectivity index (χ1) is 16.5. The second kappa shape index (κ2) is 9.08. The van der Waals surface area contributed by atoms with Gasteiger partial charge in [-0.15, -0.1) is 11.3 Å². The predicted octanol–water partition coefficient (Wildman–Crippen LogP) is 6.51. The average Bonchev–Trinajstić information content (AvgIpc) is 3.53. The molecule has 5 rings (SSSR count). The monoisotopic (exact) mass is 494 g/mol. The van der Waals surface area contributed by atoms with Gasteiger partial charge in [0.15, 0.2) is 16.7 Å². The van der Waals surface area contributed by atoms with Crippen molar-refractivity contribution in [2.75, 3.05) is 4.90 Å². The van der Waals surface area contributed by atoms with Crippen molar-refractivity contribution in [1.29, 1.82) is 0 Å². The lowest BCUT2D eigenvalue weighted by molar-refractivity contribution is 0.404. The number of rotatable bonds is 5. The molecule has 1 aliphatic rings. The Kier molecular flexibility index (Phi) is 5.97. The van der Waals surface area contributed by atoms with E-state index in [1.54, 1.807) is 4.90 Å². The number of anilines is 1. The molecule has 3 heterocycles. The van der Waals surface area contributed by atoms with Gasteiger partial charge in [0.1, 0.15) is 0 Å². The highest BCUT2D eigenvalue weighted by Gasteiger charge is 2.35. The van der Waals surface area contributed by atoms with E-state index in [4.69, 9.17) is 16.7 Å². The molecule has 0 bridgehead atoms. The van der Waals surface area contributed by atoms with Crippen molar-refractivity contribution in [3.63, 3.8) is 0 Å². The first kappa shape index (κ1) is 22.4. The molecule has 0 spiro atoms. The summed E-state index contributed by atoms with van der Waals surface area (Å²) in [6, 6.07) is 15.4. The molecule has 0 radical (unpaired) electrons. The first-order valence-electron chi connectivity index (χ1n) is 10.7. The number of halogens is 2. The molecule has 34 heavy (non-hydrogen) atoms. The van der Waals surface area contributed by atoms with Crippen molar-refractivity contribution in [1.82, 2.24) is 15.5 Å². The molecular formula is C25H20F2N4OS2. The highest BCUT2D eigenvalue weighted by molar-refractivity contribution is 7.80. The normalized spacial score (nSPS) is 16.2. The summed E-state index contributed by atoms with van der Waals surface area (Å²) in [6.07, 6.45) is 0.927. The van der Waals surface area contributed by atoms with E-state index in [1.807, 2.05) is 36.6 Å². The Hall–Kier alpha value is -3.43. The van der Waals surface area contributed by atoms with Crippen LogP contribution in [-0.2, 0) is 6.42 Å². The van der Waals surface area contributed by atoms with Crippen molar-refractivity contribution in [3.8, 4) is 10.7 Å². The van der Waals surface area contributed by atoms with Crippen molar-refractivity contribution in [3.05, 3.63) is 94.3 Å². The summed E-state index contributed by atoms with van der Waals surface area (Å²) < 4.78 is 33.4. The Labute approximate surface area is 204 Å². The molecule has 0 aliphatic carbocycles. The van der Waals surface area contributed by atoms with Gasteiger partial charge in [0, 0.05) is 11.8 Å². The molecule has 4 aromatic rings. The topological polar surface area (TPSA) is 54.2 Å². The minimum atomic E-state index is -0.954. The van der Waals surface area contributed by atoms with Crippen LogP contribution < -0.4 is 10.2 Å². The lowest BCUT2D eigenvalue weighted by Crippen LogP contribution is -2.46. The minimum absolute atomic E-state index is 0.327. The molecule has 2 aromatic heterocycles. The number of hydrogen-bond acceptors (Lipinski definition) is 5. The van der Waals surface area contributed by atoms with Gasteiger partial charge < -0.3 is 9.84 Å². The van der Waals surface area contributed by atoms with Gasteiger partial charge in [-0.05, 0) is 60.3 Å². The molecule has 9 heteroatoms. The number of hydrogen-bond donors (Lipinski definition) is 1. The van der Waals surface area contributed by atoms with Crippen LogP contribution in [0.15, 0.2) is 70.2 Å². The summed E-state index contributed by atoms with van der Waals surface area (Å²) >= 11 is 7.17. The summed E-state index contributed by atoms with van der Waals surface area (Å²) in [7, 11) is 0. The Morgan fingerprint density at radius 2 is 1.91 bits per heavy atom. The molecule has 172 valence electrons. The predicted molar refractivity (Wildman–Crippen MR) is 133 cm³/mol. The SMILES string of the molecule is CCc1ccc(C2NC(=S)N(c3ccc(F)c(F)c3)C(C)=C2c2nc(-c3cccs3)no2)cc1. The maximum absolute atomic E-state index is 14.1. The van der Waals surface area contributed by atoms with Crippen LogP contribution in [0.25, 0.3) is 16.3 Å². The van der Waals surface area contributed by atoms with Crippen molar-refractivity contribution >= 4 is 39.9 Å². The second-order valence-corrected chi connectivity index (χ2v) is 9.15. The van der Waals surface area contributed by atoms with Crippen LogP contribution in [0.5, 0.6) is 0 Å². The smallest absolute Gasteiger partial charge is 0.258 e. The molecule has 5 nitrogen and oxygen atoms in total. The van der Waals surface area contributed by atoms with Crippen LogP contribution in [0.4, 0.5) is 14.5 Å². The third-order valence-electron chi connectivity index (χ3n) is 5.77. The van der Waals surface area contributed by atoms with E-state index in [9.17, 15) is 8.78 Å². The Morgan fingerprint density at radius 3 is 2.59 bits per heavy atom. The summed E-state index contributed by atoms with van der Waals surface area (Å²) in [5.74, 6) is -1.07. The third kappa shape index (κ3) is 4.01. The molecule has 0 fully saturated rings. The molecular weight excluding hydrogens is 474 g/mol. The maximum Gasteiger partial charge on any atom is 0.258 e. The fourth-order valence-corrected chi connectivity index (χ4v) is 5.00. The van der Waals surface area contributed by atoms with Gasteiger partial charge in [0.2, 0.25) is 5.82 Å². The lowest BCUT2D eigenvalue weighted by Gasteiger charge is -2.37. The molecule has 2 aromatic carbocycles. The van der Waals surface area contributed by atoms with Gasteiger partial charge in [-0.3, -0.25) is 4.90 Å². The highest BCUT2D eigenvalue weighted by atomic mass is 32.1. The van der Waals surface area contributed by atoms with Crippen molar-refractivity contribution in [2.45, 2.75) is 26.3 Å². The Bertz CT molecular complexity index is 1380. The number of aromatic nitrogens is 2. The number of nitrogens with zero attached hydrogens (tertiary/aromatic N) is 3. The van der Waals surface area contributed by atoms with Crippen molar-refractivity contribution in [2.24, 2.45) is 0 Å². The zero-order chi connectivity index (χ0) is 23.8. The number of thiophene rings is 1. The van der Waals surface area contributed by atoms with E-state index in [2.05, 4.69) is 34.5 Å². The van der Waals surface area contributed by atoms with Gasteiger partial charge in [-0.25, -0.2) is 8.78 Å². The maximum atomic E-state index is 14.1. The van der Waals surface area contributed by atoms with E-state index < -0.39 is 11.6 Å². The van der Waals surface area contributed by atoms with Crippen LogP contribution in [0.3, 0.4) is 0 Å². The minimum Gasteiger partial charge on any atom is -0.351 e. The van der Waals surface area contributed by atoms with Gasteiger partial charge in [-0.1, -0.05) is 42.4 Å². The zero-order valence-corrected chi connectivity index (χ0v) is 20.0. The summed E-state index contributed by atoms with van der Waals surface area (Å²) in [4.78, 5) is 7.19. The molecule has 0 amide bonds. The average molecular weight is 495 g/mol. The van der Waals surface area contributed by atoms with E-state index in [0.717, 1.165) is 29.0 Å². The number of nitrogens with one attached hydrogen (secondary N) is 1. The quantitative estimate of drug-likeness (QED) is 0.320. The third-order valence-corrected chi connectivity index (χ3v) is 6.93. The molecule has 0 saturated heterocycles. The number of benzene rings is 2. The number of allylic oxidation sites excluding steroid dienone is 1. The standard InChI is InChI=1S/C25H20F2N4OS2/c1-3-15-6-8-16(9-7-15)22-21(24-29-23(30-32-24)20-5-4-12-34-20)14(2)31(25(33)28-22)17-10-11-18(26)19(27)13-17/h4-13,22H,3H2,1-2H3,(H,28,33). The second-order valence-electron chi connectivity index (χ2n) is 7.81.